The summed E-state index contributed by atoms with van der Waals surface area (Å²) in [6, 6.07) is 8.36. The van der Waals surface area contributed by atoms with E-state index >= 15 is 0 Å². The van der Waals surface area contributed by atoms with Crippen molar-refractivity contribution in [1.29, 1.82) is 0 Å². The summed E-state index contributed by atoms with van der Waals surface area (Å²) in [6.45, 7) is 5.58. The molecule has 0 bridgehead atoms. The van der Waals surface area contributed by atoms with Gasteiger partial charge in [-0.05, 0) is 63.0 Å². The molecule has 3 nitrogen and oxygen atoms in total. The standard InChI is InChI=1S/C17H28N2O/c1-4-17(20)15-5-7-16(8-6-15)19(3)13-14-9-11-18(2)12-10-14/h5-8,14,17,20H,4,9-13H2,1-3H3/t17-/m0/s1. The van der Waals surface area contributed by atoms with E-state index in [1.54, 1.807) is 0 Å². The number of benzene rings is 1. The third-order valence-electron chi connectivity index (χ3n) is 4.48. The van der Waals surface area contributed by atoms with Crippen LogP contribution in [-0.4, -0.2) is 43.7 Å². The molecule has 0 saturated carbocycles. The lowest BCUT2D eigenvalue weighted by Gasteiger charge is -2.32. The summed E-state index contributed by atoms with van der Waals surface area (Å²) in [4.78, 5) is 4.76. The van der Waals surface area contributed by atoms with Crippen molar-refractivity contribution in [2.75, 3.05) is 38.6 Å². The van der Waals surface area contributed by atoms with E-state index in [2.05, 4.69) is 48.2 Å². The van der Waals surface area contributed by atoms with Gasteiger partial charge in [0.25, 0.3) is 0 Å². The third kappa shape index (κ3) is 3.97. The number of hydrogen-bond acceptors (Lipinski definition) is 3. The number of anilines is 1. The highest BCUT2D eigenvalue weighted by molar-refractivity contribution is 5.47. The second-order valence-corrected chi connectivity index (χ2v) is 6.14. The van der Waals surface area contributed by atoms with Gasteiger partial charge in [0, 0.05) is 19.3 Å². The topological polar surface area (TPSA) is 26.7 Å². The maximum Gasteiger partial charge on any atom is 0.0787 e. The summed E-state index contributed by atoms with van der Waals surface area (Å²) in [6.07, 6.45) is 3.04. The van der Waals surface area contributed by atoms with Crippen molar-refractivity contribution in [2.24, 2.45) is 5.92 Å². The number of aliphatic hydroxyl groups is 1. The number of nitrogens with zero attached hydrogens (tertiary/aromatic N) is 2. The van der Waals surface area contributed by atoms with Crippen molar-refractivity contribution in [2.45, 2.75) is 32.3 Å². The minimum Gasteiger partial charge on any atom is -0.388 e. The molecule has 0 aromatic heterocycles. The van der Waals surface area contributed by atoms with Crippen LogP contribution in [0.25, 0.3) is 0 Å². The number of hydrogen-bond donors (Lipinski definition) is 1. The zero-order valence-electron chi connectivity index (χ0n) is 13.0. The summed E-state index contributed by atoms with van der Waals surface area (Å²) < 4.78 is 0. The molecule has 112 valence electrons. The summed E-state index contributed by atoms with van der Waals surface area (Å²) in [5, 5.41) is 9.83. The minimum atomic E-state index is -0.330. The first kappa shape index (κ1) is 15.3. The molecule has 0 spiro atoms. The predicted octanol–water partition coefficient (Wildman–Crippen LogP) is 2.91. The molecule has 1 atom stereocenters. The van der Waals surface area contributed by atoms with Crippen molar-refractivity contribution in [3.05, 3.63) is 29.8 Å². The first-order valence-electron chi connectivity index (χ1n) is 7.78. The summed E-state index contributed by atoms with van der Waals surface area (Å²) in [5.41, 5.74) is 2.26. The van der Waals surface area contributed by atoms with E-state index in [0.717, 1.165) is 24.4 Å². The molecule has 1 heterocycles. The Morgan fingerprint density at radius 2 is 1.85 bits per heavy atom. The zero-order valence-corrected chi connectivity index (χ0v) is 13.0. The fourth-order valence-electron chi connectivity index (χ4n) is 2.92. The Morgan fingerprint density at radius 3 is 2.40 bits per heavy atom. The van der Waals surface area contributed by atoms with E-state index in [-0.39, 0.29) is 6.10 Å². The Hall–Kier alpha value is -1.06. The van der Waals surface area contributed by atoms with Crippen molar-refractivity contribution >= 4 is 5.69 Å². The first-order chi connectivity index (χ1) is 9.60. The number of rotatable bonds is 5. The average molecular weight is 276 g/mol. The van der Waals surface area contributed by atoms with Crippen LogP contribution < -0.4 is 4.90 Å². The zero-order chi connectivity index (χ0) is 14.5. The molecule has 1 N–H and O–H groups in total. The van der Waals surface area contributed by atoms with Gasteiger partial charge in [-0.3, -0.25) is 0 Å². The fourth-order valence-corrected chi connectivity index (χ4v) is 2.92. The van der Waals surface area contributed by atoms with Crippen LogP contribution in [0.5, 0.6) is 0 Å². The Kier molecular flexibility index (Phi) is 5.44. The number of aliphatic hydroxyl groups excluding tert-OH is 1. The molecule has 1 aliphatic rings. The van der Waals surface area contributed by atoms with Gasteiger partial charge in [-0.2, -0.15) is 0 Å². The Labute approximate surface area is 123 Å². The van der Waals surface area contributed by atoms with Crippen LogP contribution in [0.3, 0.4) is 0 Å². The minimum absolute atomic E-state index is 0.330. The van der Waals surface area contributed by atoms with Crippen molar-refractivity contribution in [3.63, 3.8) is 0 Å². The Balaban J connectivity index is 1.90. The summed E-state index contributed by atoms with van der Waals surface area (Å²) >= 11 is 0. The SMILES string of the molecule is CC[C@H](O)c1ccc(N(C)CC2CCN(C)CC2)cc1. The van der Waals surface area contributed by atoms with Gasteiger partial charge >= 0.3 is 0 Å². The maximum absolute atomic E-state index is 9.83. The van der Waals surface area contributed by atoms with Crippen molar-refractivity contribution in [1.82, 2.24) is 4.90 Å². The van der Waals surface area contributed by atoms with Crippen LogP contribution in [0.2, 0.25) is 0 Å². The van der Waals surface area contributed by atoms with E-state index in [9.17, 15) is 5.11 Å². The van der Waals surface area contributed by atoms with Crippen LogP contribution in [0.4, 0.5) is 5.69 Å². The smallest absolute Gasteiger partial charge is 0.0787 e. The molecule has 0 aliphatic carbocycles. The summed E-state index contributed by atoms with van der Waals surface area (Å²) in [5.74, 6) is 0.803. The van der Waals surface area contributed by atoms with Gasteiger partial charge in [0.2, 0.25) is 0 Å². The fraction of sp³-hybridized carbons (Fsp3) is 0.647. The molecule has 20 heavy (non-hydrogen) atoms. The van der Waals surface area contributed by atoms with Crippen molar-refractivity contribution in [3.8, 4) is 0 Å². The van der Waals surface area contributed by atoms with Crippen molar-refractivity contribution < 1.29 is 5.11 Å². The number of piperidine rings is 1. The van der Waals surface area contributed by atoms with Gasteiger partial charge in [-0.1, -0.05) is 19.1 Å². The lowest BCUT2D eigenvalue weighted by Crippen LogP contribution is -2.35. The van der Waals surface area contributed by atoms with E-state index in [4.69, 9.17) is 0 Å². The van der Waals surface area contributed by atoms with Gasteiger partial charge in [-0.25, -0.2) is 0 Å². The van der Waals surface area contributed by atoms with Crippen LogP contribution in [0, 0.1) is 5.92 Å². The highest BCUT2D eigenvalue weighted by atomic mass is 16.3. The maximum atomic E-state index is 9.83. The molecule has 0 unspecified atom stereocenters. The lowest BCUT2D eigenvalue weighted by molar-refractivity contribution is 0.173. The predicted molar refractivity (Wildman–Crippen MR) is 85.2 cm³/mol. The van der Waals surface area contributed by atoms with Gasteiger partial charge in [0.1, 0.15) is 0 Å². The molecular weight excluding hydrogens is 248 g/mol. The van der Waals surface area contributed by atoms with Crippen LogP contribution in [-0.2, 0) is 0 Å². The van der Waals surface area contributed by atoms with E-state index in [1.807, 2.05) is 6.92 Å². The van der Waals surface area contributed by atoms with Gasteiger partial charge in [0.05, 0.1) is 6.10 Å². The monoisotopic (exact) mass is 276 g/mol. The van der Waals surface area contributed by atoms with Crippen LogP contribution in [0.15, 0.2) is 24.3 Å². The third-order valence-corrected chi connectivity index (χ3v) is 4.48. The van der Waals surface area contributed by atoms with Crippen LogP contribution in [0.1, 0.15) is 37.9 Å². The van der Waals surface area contributed by atoms with Gasteiger partial charge in [-0.15, -0.1) is 0 Å². The molecule has 0 amide bonds. The van der Waals surface area contributed by atoms with E-state index < -0.39 is 0 Å². The van der Waals surface area contributed by atoms with E-state index in [0.29, 0.717) is 0 Å². The first-order valence-corrected chi connectivity index (χ1v) is 7.78. The molecule has 0 radical (unpaired) electrons. The largest absolute Gasteiger partial charge is 0.388 e. The van der Waals surface area contributed by atoms with Gasteiger partial charge < -0.3 is 14.9 Å². The second kappa shape index (κ2) is 7.09. The van der Waals surface area contributed by atoms with Crippen LogP contribution >= 0.6 is 0 Å². The highest BCUT2D eigenvalue weighted by Crippen LogP contribution is 2.23. The van der Waals surface area contributed by atoms with E-state index in [1.165, 1.54) is 31.6 Å². The normalized spacial score (nSPS) is 19.0. The molecule has 1 aliphatic heterocycles. The molecule has 2 rings (SSSR count). The summed E-state index contributed by atoms with van der Waals surface area (Å²) in [7, 11) is 4.38. The Bertz CT molecular complexity index is 396. The lowest BCUT2D eigenvalue weighted by atomic mass is 9.96. The molecule has 3 heteroatoms. The molecule has 1 aromatic carbocycles. The van der Waals surface area contributed by atoms with Gasteiger partial charge in [0.15, 0.2) is 0 Å². The molecule has 1 aromatic rings. The Morgan fingerprint density at radius 1 is 1.25 bits per heavy atom. The second-order valence-electron chi connectivity index (χ2n) is 6.14. The average Bonchev–Trinajstić information content (AvgIpc) is 2.49. The molecule has 1 saturated heterocycles. The molecular formula is C17H28N2O. The highest BCUT2D eigenvalue weighted by Gasteiger charge is 2.18. The number of likely N-dealkylation sites (tertiary alicyclic amines) is 1. The molecule has 1 fully saturated rings. The quantitative estimate of drug-likeness (QED) is 0.896.